The number of azo groups is 1. The largest absolute Gasteiger partial charge is 0.493 e. The zero-order chi connectivity index (χ0) is 19.6. The molecule has 0 aliphatic rings. The maximum absolute atomic E-state index is 13.2. The number of nitrogens with one attached hydrogen (secondary N) is 1. The predicted octanol–water partition coefficient (Wildman–Crippen LogP) is 5.00. The maximum Gasteiger partial charge on any atom is 0.302 e. The van der Waals surface area contributed by atoms with Gasteiger partial charge in [0.15, 0.2) is 12.3 Å². The molecule has 2 aromatic carbocycles. The van der Waals surface area contributed by atoms with Crippen molar-refractivity contribution in [2.24, 2.45) is 10.2 Å². The number of benzene rings is 2. The first-order valence-corrected chi connectivity index (χ1v) is 8.42. The van der Waals surface area contributed by atoms with E-state index in [0.29, 0.717) is 16.7 Å². The summed E-state index contributed by atoms with van der Waals surface area (Å²) in [5.41, 5.74) is 1.64. The van der Waals surface area contributed by atoms with Gasteiger partial charge in [0.1, 0.15) is 11.6 Å². The van der Waals surface area contributed by atoms with Crippen molar-refractivity contribution in [2.45, 2.75) is 26.2 Å². The SMILES string of the molecule is CC(C)(C)c1ccc(OCC(=O)N=Nc2c(O)[nH]c3cc(F)ccc23)cc1. The number of aromatic amines is 1. The third-order valence-electron chi connectivity index (χ3n) is 4.06. The van der Waals surface area contributed by atoms with E-state index in [4.69, 9.17) is 4.74 Å². The van der Waals surface area contributed by atoms with Crippen LogP contribution in [0.5, 0.6) is 11.6 Å². The maximum atomic E-state index is 13.2. The zero-order valence-corrected chi connectivity index (χ0v) is 15.3. The van der Waals surface area contributed by atoms with Gasteiger partial charge in [0.25, 0.3) is 0 Å². The fraction of sp³-hybridized carbons (Fsp3) is 0.250. The molecule has 1 amide bonds. The van der Waals surface area contributed by atoms with Gasteiger partial charge < -0.3 is 14.8 Å². The van der Waals surface area contributed by atoms with Crippen LogP contribution in [0.25, 0.3) is 10.9 Å². The molecule has 0 fully saturated rings. The number of nitrogens with zero attached hydrogens (tertiary/aromatic N) is 2. The molecule has 2 N–H and O–H groups in total. The minimum absolute atomic E-state index is 0.0345. The molecule has 1 aromatic heterocycles. The summed E-state index contributed by atoms with van der Waals surface area (Å²) in [5.74, 6) is -0.789. The Morgan fingerprint density at radius 2 is 1.89 bits per heavy atom. The first kappa shape index (κ1) is 18.6. The summed E-state index contributed by atoms with van der Waals surface area (Å²) in [4.78, 5) is 14.5. The third-order valence-corrected chi connectivity index (χ3v) is 4.06. The second-order valence-corrected chi connectivity index (χ2v) is 7.17. The number of aromatic hydroxyl groups is 1. The number of amides is 1. The minimum Gasteiger partial charge on any atom is -0.493 e. The van der Waals surface area contributed by atoms with E-state index in [0.717, 1.165) is 5.56 Å². The standard InChI is InChI=1S/C20H20FN3O3/c1-20(2,3)12-4-7-14(8-5-12)27-11-17(25)23-24-18-15-9-6-13(21)10-16(15)22-19(18)26/h4-10,22,26H,11H2,1-3H3. The van der Waals surface area contributed by atoms with E-state index in [9.17, 15) is 14.3 Å². The van der Waals surface area contributed by atoms with Crippen LogP contribution in [-0.4, -0.2) is 22.6 Å². The Kier molecular flexibility index (Phi) is 4.94. The van der Waals surface area contributed by atoms with Crippen LogP contribution in [0.3, 0.4) is 0 Å². The molecule has 0 radical (unpaired) electrons. The molecule has 0 atom stereocenters. The average Bonchev–Trinajstić information content (AvgIpc) is 2.92. The van der Waals surface area contributed by atoms with Crippen LogP contribution >= 0.6 is 0 Å². The quantitative estimate of drug-likeness (QED) is 0.635. The molecule has 0 aliphatic heterocycles. The summed E-state index contributed by atoms with van der Waals surface area (Å²) in [6.07, 6.45) is 0. The molecule has 6 nitrogen and oxygen atoms in total. The summed E-state index contributed by atoms with van der Waals surface area (Å²) in [7, 11) is 0. The van der Waals surface area contributed by atoms with Gasteiger partial charge in [-0.15, -0.1) is 10.2 Å². The Balaban J connectivity index is 1.65. The van der Waals surface area contributed by atoms with E-state index in [1.807, 2.05) is 12.1 Å². The second kappa shape index (κ2) is 7.19. The van der Waals surface area contributed by atoms with E-state index in [2.05, 4.69) is 36.0 Å². The van der Waals surface area contributed by atoms with E-state index in [-0.39, 0.29) is 23.6 Å². The molecule has 0 bridgehead atoms. The number of rotatable bonds is 4. The molecule has 0 unspecified atom stereocenters. The van der Waals surface area contributed by atoms with Gasteiger partial charge in [-0.2, -0.15) is 0 Å². The monoisotopic (exact) mass is 369 g/mol. The van der Waals surface area contributed by atoms with E-state index >= 15 is 0 Å². The summed E-state index contributed by atoms with van der Waals surface area (Å²) >= 11 is 0. The molecule has 0 aliphatic carbocycles. The molecule has 3 aromatic rings. The number of fused-ring (bicyclic) bond motifs is 1. The van der Waals surface area contributed by atoms with Crippen molar-refractivity contribution in [3.05, 3.63) is 53.8 Å². The number of aromatic nitrogens is 1. The van der Waals surface area contributed by atoms with Crippen molar-refractivity contribution in [2.75, 3.05) is 6.61 Å². The van der Waals surface area contributed by atoms with Crippen LogP contribution in [0, 0.1) is 5.82 Å². The topological polar surface area (TPSA) is 87.0 Å². The highest BCUT2D eigenvalue weighted by atomic mass is 19.1. The third kappa shape index (κ3) is 4.31. The Hall–Kier alpha value is -3.22. The molecule has 0 saturated carbocycles. The number of ether oxygens (including phenoxy) is 1. The van der Waals surface area contributed by atoms with Crippen LogP contribution in [-0.2, 0) is 10.2 Å². The number of halogens is 1. The van der Waals surface area contributed by atoms with Crippen molar-refractivity contribution in [3.8, 4) is 11.6 Å². The van der Waals surface area contributed by atoms with Gasteiger partial charge in [0.2, 0.25) is 5.88 Å². The summed E-state index contributed by atoms with van der Waals surface area (Å²) in [6.45, 7) is 6.06. The lowest BCUT2D eigenvalue weighted by molar-refractivity contribution is -0.120. The molecule has 27 heavy (non-hydrogen) atoms. The Morgan fingerprint density at radius 3 is 2.56 bits per heavy atom. The first-order valence-electron chi connectivity index (χ1n) is 8.42. The normalized spacial score (nSPS) is 12.0. The molecule has 140 valence electrons. The zero-order valence-electron chi connectivity index (χ0n) is 15.3. The van der Waals surface area contributed by atoms with Crippen molar-refractivity contribution < 1.29 is 19.0 Å². The fourth-order valence-corrected chi connectivity index (χ4v) is 2.57. The van der Waals surface area contributed by atoms with Crippen LogP contribution in [0.4, 0.5) is 10.1 Å². The van der Waals surface area contributed by atoms with Gasteiger partial charge in [0.05, 0.1) is 5.52 Å². The lowest BCUT2D eigenvalue weighted by Gasteiger charge is -2.19. The number of hydrogen-bond donors (Lipinski definition) is 2. The van der Waals surface area contributed by atoms with E-state index in [1.165, 1.54) is 18.2 Å². The number of H-pyrrole nitrogens is 1. The van der Waals surface area contributed by atoms with Crippen LogP contribution in [0.2, 0.25) is 0 Å². The Morgan fingerprint density at radius 1 is 1.19 bits per heavy atom. The first-order chi connectivity index (χ1) is 12.7. The summed E-state index contributed by atoms with van der Waals surface area (Å²) < 4.78 is 18.6. The van der Waals surface area contributed by atoms with Crippen molar-refractivity contribution in [1.82, 2.24) is 4.98 Å². The summed E-state index contributed by atoms with van der Waals surface area (Å²) in [6, 6.07) is 11.4. The molecular weight excluding hydrogens is 349 g/mol. The van der Waals surface area contributed by atoms with Crippen molar-refractivity contribution >= 4 is 22.5 Å². The highest BCUT2D eigenvalue weighted by molar-refractivity contribution is 5.94. The molecular formula is C20H20FN3O3. The molecule has 0 saturated heterocycles. The highest BCUT2D eigenvalue weighted by Crippen LogP contribution is 2.35. The molecule has 7 heteroatoms. The van der Waals surface area contributed by atoms with Gasteiger partial charge in [-0.3, -0.25) is 4.79 Å². The Bertz CT molecular complexity index is 1000. The van der Waals surface area contributed by atoms with Crippen LogP contribution in [0.15, 0.2) is 52.7 Å². The predicted molar refractivity (Wildman–Crippen MR) is 100 cm³/mol. The fourth-order valence-electron chi connectivity index (χ4n) is 2.57. The Labute approximate surface area is 155 Å². The number of hydrogen-bond acceptors (Lipinski definition) is 4. The second-order valence-electron chi connectivity index (χ2n) is 7.17. The molecule has 0 spiro atoms. The van der Waals surface area contributed by atoms with Gasteiger partial charge in [-0.1, -0.05) is 32.9 Å². The average molecular weight is 369 g/mol. The highest BCUT2D eigenvalue weighted by Gasteiger charge is 2.14. The smallest absolute Gasteiger partial charge is 0.302 e. The van der Waals surface area contributed by atoms with Crippen molar-refractivity contribution in [3.63, 3.8) is 0 Å². The lowest BCUT2D eigenvalue weighted by Crippen LogP contribution is -2.11. The van der Waals surface area contributed by atoms with E-state index < -0.39 is 11.7 Å². The minimum atomic E-state index is -0.606. The number of carbonyl (C=O) groups excluding carboxylic acids is 1. The molecule has 3 rings (SSSR count). The number of carbonyl (C=O) groups is 1. The molecule has 1 heterocycles. The van der Waals surface area contributed by atoms with Gasteiger partial charge in [-0.25, -0.2) is 4.39 Å². The van der Waals surface area contributed by atoms with Gasteiger partial charge in [0, 0.05) is 5.39 Å². The van der Waals surface area contributed by atoms with Crippen molar-refractivity contribution in [1.29, 1.82) is 0 Å². The van der Waals surface area contributed by atoms with Gasteiger partial charge in [-0.05, 0) is 41.3 Å². The van der Waals surface area contributed by atoms with Crippen LogP contribution in [0.1, 0.15) is 26.3 Å². The lowest BCUT2D eigenvalue weighted by atomic mass is 9.87. The van der Waals surface area contributed by atoms with E-state index in [1.54, 1.807) is 12.1 Å². The summed E-state index contributed by atoms with van der Waals surface area (Å²) in [5, 5.41) is 17.7. The van der Waals surface area contributed by atoms with Crippen LogP contribution < -0.4 is 4.74 Å². The van der Waals surface area contributed by atoms with Gasteiger partial charge >= 0.3 is 5.91 Å².